The number of amides is 1. The van der Waals surface area contributed by atoms with E-state index in [4.69, 9.17) is 4.74 Å². The number of ether oxygens (including phenoxy) is 1. The Morgan fingerprint density at radius 3 is 2.42 bits per heavy atom. The second-order valence-electron chi connectivity index (χ2n) is 9.52. The molecule has 1 amide bonds. The van der Waals surface area contributed by atoms with Gasteiger partial charge in [-0.2, -0.15) is 0 Å². The maximum Gasteiger partial charge on any atom is 0.410 e. The standard InChI is InChI=1S/C22H40N2O2/c1-16(2)18-12-11-17(3)15-21(18)26-22(25)23(4)19-9-5-6-10-20(19)24-13-7-8-14-24/h16-21H,5-15H2,1-4H3/t17-,18+,19+,20+,21-/m1/s1. The average Bonchev–Trinajstić information content (AvgIpc) is 3.15. The van der Waals surface area contributed by atoms with Crippen molar-refractivity contribution < 1.29 is 9.53 Å². The fourth-order valence-electron chi connectivity index (χ4n) is 5.64. The lowest BCUT2D eigenvalue weighted by Crippen LogP contribution is -2.54. The van der Waals surface area contributed by atoms with Crippen molar-refractivity contribution in [2.75, 3.05) is 20.1 Å². The van der Waals surface area contributed by atoms with Crippen LogP contribution in [0.2, 0.25) is 0 Å². The zero-order valence-corrected chi connectivity index (χ0v) is 17.5. The lowest BCUT2D eigenvalue weighted by molar-refractivity contribution is -0.0205. The van der Waals surface area contributed by atoms with Crippen LogP contribution in [0.3, 0.4) is 0 Å². The Hall–Kier alpha value is -0.770. The highest BCUT2D eigenvalue weighted by molar-refractivity contribution is 5.68. The number of carbonyl (C=O) groups is 1. The van der Waals surface area contributed by atoms with E-state index in [1.54, 1.807) is 0 Å². The molecule has 0 bridgehead atoms. The van der Waals surface area contributed by atoms with Crippen LogP contribution in [0.4, 0.5) is 4.79 Å². The van der Waals surface area contributed by atoms with E-state index in [1.807, 2.05) is 11.9 Å². The second-order valence-corrected chi connectivity index (χ2v) is 9.52. The van der Waals surface area contributed by atoms with E-state index in [9.17, 15) is 4.79 Å². The van der Waals surface area contributed by atoms with Crippen LogP contribution in [0.25, 0.3) is 0 Å². The van der Waals surface area contributed by atoms with Gasteiger partial charge in [-0.15, -0.1) is 0 Å². The molecule has 1 aliphatic heterocycles. The first-order valence-corrected chi connectivity index (χ1v) is 11.1. The summed E-state index contributed by atoms with van der Waals surface area (Å²) in [4.78, 5) is 17.6. The molecule has 3 aliphatic rings. The van der Waals surface area contributed by atoms with E-state index >= 15 is 0 Å². The minimum absolute atomic E-state index is 0.0779. The van der Waals surface area contributed by atoms with Crippen LogP contribution in [-0.4, -0.2) is 54.2 Å². The van der Waals surface area contributed by atoms with Gasteiger partial charge in [0.2, 0.25) is 0 Å². The van der Waals surface area contributed by atoms with E-state index in [2.05, 4.69) is 25.7 Å². The van der Waals surface area contributed by atoms with Gasteiger partial charge in [0.1, 0.15) is 6.10 Å². The van der Waals surface area contributed by atoms with Gasteiger partial charge in [-0.05, 0) is 69.4 Å². The lowest BCUT2D eigenvalue weighted by atomic mass is 9.75. The van der Waals surface area contributed by atoms with Crippen molar-refractivity contribution in [1.82, 2.24) is 9.80 Å². The molecule has 4 nitrogen and oxygen atoms in total. The third kappa shape index (κ3) is 4.55. The van der Waals surface area contributed by atoms with Crippen molar-refractivity contribution >= 4 is 6.09 Å². The van der Waals surface area contributed by atoms with E-state index in [1.165, 1.54) is 58.0 Å². The van der Waals surface area contributed by atoms with Gasteiger partial charge in [-0.1, -0.05) is 40.0 Å². The summed E-state index contributed by atoms with van der Waals surface area (Å²) < 4.78 is 6.13. The van der Waals surface area contributed by atoms with Gasteiger partial charge in [0.25, 0.3) is 0 Å². The number of hydrogen-bond acceptors (Lipinski definition) is 3. The average molecular weight is 365 g/mol. The van der Waals surface area contributed by atoms with E-state index < -0.39 is 0 Å². The van der Waals surface area contributed by atoms with Gasteiger partial charge in [-0.25, -0.2) is 4.79 Å². The number of nitrogens with zero attached hydrogens (tertiary/aromatic N) is 2. The van der Waals surface area contributed by atoms with Gasteiger partial charge in [0.15, 0.2) is 0 Å². The molecule has 150 valence electrons. The van der Waals surface area contributed by atoms with Crippen LogP contribution in [0, 0.1) is 17.8 Å². The van der Waals surface area contributed by atoms with Crippen molar-refractivity contribution in [3.05, 3.63) is 0 Å². The summed E-state index contributed by atoms with van der Waals surface area (Å²) in [7, 11) is 1.98. The summed E-state index contributed by atoms with van der Waals surface area (Å²) in [6.07, 6.45) is 11.0. The van der Waals surface area contributed by atoms with Crippen LogP contribution in [-0.2, 0) is 4.74 Å². The van der Waals surface area contributed by atoms with E-state index in [0.717, 1.165) is 12.8 Å². The number of carbonyl (C=O) groups excluding carboxylic acids is 1. The highest BCUT2D eigenvalue weighted by Crippen LogP contribution is 2.36. The van der Waals surface area contributed by atoms with Crippen LogP contribution in [0.15, 0.2) is 0 Å². The maximum absolute atomic E-state index is 13.0. The second kappa shape index (κ2) is 8.95. The van der Waals surface area contributed by atoms with Crippen LogP contribution in [0.1, 0.15) is 78.6 Å². The highest BCUT2D eigenvalue weighted by Gasteiger charge is 2.38. The third-order valence-corrected chi connectivity index (χ3v) is 7.30. The molecule has 0 aromatic rings. The predicted octanol–water partition coefficient (Wildman–Crippen LogP) is 4.92. The van der Waals surface area contributed by atoms with Gasteiger partial charge in [0.05, 0.1) is 6.04 Å². The molecule has 26 heavy (non-hydrogen) atoms. The summed E-state index contributed by atoms with van der Waals surface area (Å²) >= 11 is 0. The summed E-state index contributed by atoms with van der Waals surface area (Å²) in [5, 5.41) is 0. The smallest absolute Gasteiger partial charge is 0.410 e. The van der Waals surface area contributed by atoms with E-state index in [-0.39, 0.29) is 12.2 Å². The molecule has 0 aromatic heterocycles. The molecule has 0 aromatic carbocycles. The molecule has 1 saturated heterocycles. The van der Waals surface area contributed by atoms with Crippen molar-refractivity contribution in [3.63, 3.8) is 0 Å². The summed E-state index contributed by atoms with van der Waals surface area (Å²) in [5.74, 6) is 1.77. The molecule has 2 saturated carbocycles. The Kier molecular flexibility index (Phi) is 6.87. The summed E-state index contributed by atoms with van der Waals surface area (Å²) in [6.45, 7) is 9.26. The Morgan fingerprint density at radius 1 is 1.04 bits per heavy atom. The highest BCUT2D eigenvalue weighted by atomic mass is 16.6. The number of likely N-dealkylation sites (N-methyl/N-ethyl adjacent to an activating group) is 1. The SMILES string of the molecule is CC(C)[C@@H]1CC[C@@H](C)C[C@H]1OC(=O)N(C)[C@H]1CCCC[C@@H]1N1CCCC1. The molecule has 0 radical (unpaired) electrons. The van der Waals surface area contributed by atoms with Gasteiger partial charge >= 0.3 is 6.09 Å². The molecule has 3 rings (SSSR count). The maximum atomic E-state index is 13.0. The normalized spacial score (nSPS) is 36.3. The number of rotatable bonds is 4. The van der Waals surface area contributed by atoms with Gasteiger partial charge in [-0.3, -0.25) is 4.90 Å². The molecule has 4 heteroatoms. The summed E-state index contributed by atoms with van der Waals surface area (Å²) in [5.41, 5.74) is 0. The first kappa shape index (κ1) is 20.0. The number of hydrogen-bond donors (Lipinski definition) is 0. The van der Waals surface area contributed by atoms with Crippen LogP contribution >= 0.6 is 0 Å². The molecule has 0 spiro atoms. The molecular weight excluding hydrogens is 324 g/mol. The quantitative estimate of drug-likeness (QED) is 0.709. The largest absolute Gasteiger partial charge is 0.446 e. The predicted molar refractivity (Wildman–Crippen MR) is 106 cm³/mol. The Balaban J connectivity index is 1.63. The van der Waals surface area contributed by atoms with Gasteiger partial charge in [0, 0.05) is 13.1 Å². The molecule has 1 heterocycles. The van der Waals surface area contributed by atoms with Crippen molar-refractivity contribution in [1.29, 1.82) is 0 Å². The Morgan fingerprint density at radius 2 is 1.73 bits per heavy atom. The molecule has 2 aliphatic carbocycles. The molecule has 0 N–H and O–H groups in total. The molecule has 3 fully saturated rings. The van der Waals surface area contributed by atoms with Crippen LogP contribution < -0.4 is 0 Å². The minimum atomic E-state index is -0.0779. The minimum Gasteiger partial charge on any atom is -0.446 e. The zero-order chi connectivity index (χ0) is 18.7. The fourth-order valence-corrected chi connectivity index (χ4v) is 5.64. The first-order chi connectivity index (χ1) is 12.5. The van der Waals surface area contributed by atoms with Gasteiger partial charge < -0.3 is 9.64 Å². The molecule has 0 unspecified atom stereocenters. The number of likely N-dealkylation sites (tertiary alicyclic amines) is 1. The summed E-state index contributed by atoms with van der Waals surface area (Å²) in [6, 6.07) is 0.864. The molecule has 5 atom stereocenters. The lowest BCUT2D eigenvalue weighted by Gasteiger charge is -2.43. The topological polar surface area (TPSA) is 32.8 Å². The monoisotopic (exact) mass is 364 g/mol. The van der Waals surface area contributed by atoms with Crippen molar-refractivity contribution in [2.45, 2.75) is 96.7 Å². The fraction of sp³-hybridized carbons (Fsp3) is 0.955. The molecular formula is C22H40N2O2. The van der Waals surface area contributed by atoms with E-state index in [0.29, 0.717) is 29.8 Å². The first-order valence-electron chi connectivity index (χ1n) is 11.1. The third-order valence-electron chi connectivity index (χ3n) is 7.30. The zero-order valence-electron chi connectivity index (χ0n) is 17.5. The van der Waals surface area contributed by atoms with Crippen molar-refractivity contribution in [3.8, 4) is 0 Å². The van der Waals surface area contributed by atoms with Crippen molar-refractivity contribution in [2.24, 2.45) is 17.8 Å². The Bertz CT molecular complexity index is 461. The Labute approximate surface area is 160 Å². The van der Waals surface area contributed by atoms with Crippen LogP contribution in [0.5, 0.6) is 0 Å².